The number of phenolic OH excluding ortho intramolecular Hbond substituents is 1. The number of hydrogen-bond donors (Lipinski definition) is 2. The minimum Gasteiger partial charge on any atom is -0.507 e. The van der Waals surface area contributed by atoms with E-state index in [-0.39, 0.29) is 11.5 Å². The molecule has 0 saturated heterocycles. The zero-order chi connectivity index (χ0) is 9.30. The molecule has 0 amide bonds. The van der Waals surface area contributed by atoms with E-state index in [1.54, 1.807) is 0 Å². The second kappa shape index (κ2) is 3.15. The van der Waals surface area contributed by atoms with Gasteiger partial charge in [0.1, 0.15) is 5.75 Å². The molecule has 0 radical (unpaired) electrons. The lowest BCUT2D eigenvalue weighted by atomic mass is 10.1. The molecule has 0 aromatic heterocycles. The summed E-state index contributed by atoms with van der Waals surface area (Å²) in [5.41, 5.74) is 6.24. The number of halogens is 1. The van der Waals surface area contributed by atoms with E-state index < -0.39 is 0 Å². The molecule has 0 aliphatic carbocycles. The number of Topliss-reactive ketones (excluding diaryl/α,β-unsaturated/α-hetero) is 1. The lowest BCUT2D eigenvalue weighted by molar-refractivity contribution is 0.101. The van der Waals surface area contributed by atoms with Gasteiger partial charge in [0.05, 0.1) is 4.47 Å². The first-order valence-corrected chi connectivity index (χ1v) is 4.10. The van der Waals surface area contributed by atoms with Crippen molar-refractivity contribution in [3.05, 3.63) is 22.2 Å². The molecule has 0 aliphatic heterocycles. The molecule has 1 aromatic carbocycles. The van der Waals surface area contributed by atoms with Gasteiger partial charge in [-0.1, -0.05) is 0 Å². The van der Waals surface area contributed by atoms with Crippen LogP contribution in [0.25, 0.3) is 0 Å². The van der Waals surface area contributed by atoms with Crippen LogP contribution in [0, 0.1) is 0 Å². The topological polar surface area (TPSA) is 63.3 Å². The Hall–Kier alpha value is -1.03. The highest BCUT2D eigenvalue weighted by atomic mass is 79.9. The minimum absolute atomic E-state index is 0.0226. The first kappa shape index (κ1) is 9.06. The first-order valence-electron chi connectivity index (χ1n) is 3.31. The van der Waals surface area contributed by atoms with Crippen molar-refractivity contribution in [2.24, 2.45) is 0 Å². The third-order valence-electron chi connectivity index (χ3n) is 1.50. The van der Waals surface area contributed by atoms with Crippen molar-refractivity contribution in [2.75, 3.05) is 5.73 Å². The Labute approximate surface area is 78.3 Å². The average Bonchev–Trinajstić information content (AvgIpc) is 1.96. The number of nitrogens with two attached hydrogens (primary N) is 1. The predicted molar refractivity (Wildman–Crippen MR) is 50.2 cm³/mol. The fourth-order valence-electron chi connectivity index (χ4n) is 0.882. The van der Waals surface area contributed by atoms with Gasteiger partial charge in [0.25, 0.3) is 0 Å². The number of aromatic hydroxyl groups is 1. The van der Waals surface area contributed by atoms with Gasteiger partial charge in [0.15, 0.2) is 5.78 Å². The number of ketones is 1. The van der Waals surface area contributed by atoms with Gasteiger partial charge < -0.3 is 10.8 Å². The zero-order valence-corrected chi connectivity index (χ0v) is 8.05. The normalized spacial score (nSPS) is 9.83. The maximum atomic E-state index is 10.9. The van der Waals surface area contributed by atoms with E-state index >= 15 is 0 Å². The SMILES string of the molecule is CC(=O)c1cc(O)c(Br)cc1N. The van der Waals surface area contributed by atoms with Crippen LogP contribution in [0.2, 0.25) is 0 Å². The van der Waals surface area contributed by atoms with Crippen molar-refractivity contribution in [3.63, 3.8) is 0 Å². The number of carbonyl (C=O) groups excluding carboxylic acids is 1. The van der Waals surface area contributed by atoms with Gasteiger partial charge in [-0.25, -0.2) is 0 Å². The smallest absolute Gasteiger partial charge is 0.162 e. The van der Waals surface area contributed by atoms with E-state index in [2.05, 4.69) is 15.9 Å². The molecule has 12 heavy (non-hydrogen) atoms. The number of carbonyl (C=O) groups is 1. The molecule has 3 nitrogen and oxygen atoms in total. The molecule has 64 valence electrons. The number of rotatable bonds is 1. The molecular weight excluding hydrogens is 222 g/mol. The van der Waals surface area contributed by atoms with Crippen molar-refractivity contribution in [1.29, 1.82) is 0 Å². The molecule has 1 rings (SSSR count). The highest BCUT2D eigenvalue weighted by molar-refractivity contribution is 9.10. The van der Waals surface area contributed by atoms with E-state index in [0.29, 0.717) is 15.7 Å². The summed E-state index contributed by atoms with van der Waals surface area (Å²) in [7, 11) is 0. The highest BCUT2D eigenvalue weighted by Crippen LogP contribution is 2.28. The molecule has 0 aliphatic rings. The molecule has 0 fully saturated rings. The van der Waals surface area contributed by atoms with Crippen LogP contribution in [-0.4, -0.2) is 10.9 Å². The van der Waals surface area contributed by atoms with Crippen LogP contribution in [0.1, 0.15) is 17.3 Å². The Morgan fingerprint density at radius 3 is 2.67 bits per heavy atom. The highest BCUT2D eigenvalue weighted by Gasteiger charge is 2.08. The van der Waals surface area contributed by atoms with E-state index in [4.69, 9.17) is 5.73 Å². The fourth-order valence-corrected chi connectivity index (χ4v) is 1.24. The van der Waals surface area contributed by atoms with Gasteiger partial charge in [-0.15, -0.1) is 0 Å². The third kappa shape index (κ3) is 1.58. The van der Waals surface area contributed by atoms with Crippen LogP contribution in [0.5, 0.6) is 5.75 Å². The van der Waals surface area contributed by atoms with Crippen LogP contribution in [0.15, 0.2) is 16.6 Å². The molecule has 0 unspecified atom stereocenters. The molecule has 0 bridgehead atoms. The van der Waals surface area contributed by atoms with Crippen molar-refractivity contribution < 1.29 is 9.90 Å². The van der Waals surface area contributed by atoms with Gasteiger partial charge in [-0.3, -0.25) is 4.79 Å². The summed E-state index contributed by atoms with van der Waals surface area (Å²) in [5.74, 6) is -0.135. The van der Waals surface area contributed by atoms with Gasteiger partial charge >= 0.3 is 0 Å². The molecule has 1 aromatic rings. The van der Waals surface area contributed by atoms with Crippen LogP contribution < -0.4 is 5.73 Å². The van der Waals surface area contributed by atoms with E-state index in [0.717, 1.165) is 0 Å². The van der Waals surface area contributed by atoms with Crippen molar-refractivity contribution >= 4 is 27.4 Å². The maximum absolute atomic E-state index is 10.9. The molecule has 0 heterocycles. The monoisotopic (exact) mass is 229 g/mol. The summed E-state index contributed by atoms with van der Waals surface area (Å²) in [4.78, 5) is 10.9. The number of phenols is 1. The lowest BCUT2D eigenvalue weighted by Crippen LogP contribution is -1.99. The number of benzene rings is 1. The largest absolute Gasteiger partial charge is 0.507 e. The second-order valence-corrected chi connectivity index (χ2v) is 3.30. The third-order valence-corrected chi connectivity index (χ3v) is 2.13. The minimum atomic E-state index is -0.157. The summed E-state index contributed by atoms with van der Waals surface area (Å²) in [5, 5.41) is 9.22. The van der Waals surface area contributed by atoms with Crippen LogP contribution in [0.3, 0.4) is 0 Å². The van der Waals surface area contributed by atoms with Crippen molar-refractivity contribution in [2.45, 2.75) is 6.92 Å². The summed E-state index contributed by atoms with van der Waals surface area (Å²) >= 11 is 3.09. The molecule has 0 saturated carbocycles. The van der Waals surface area contributed by atoms with Crippen molar-refractivity contribution in [3.8, 4) is 5.75 Å². The Bertz CT molecular complexity index is 336. The van der Waals surface area contributed by atoms with Gasteiger partial charge in [0.2, 0.25) is 0 Å². The summed E-state index contributed by atoms with van der Waals surface area (Å²) < 4.78 is 0.491. The first-order chi connectivity index (χ1) is 5.52. The predicted octanol–water partition coefficient (Wildman–Crippen LogP) is 1.94. The molecule has 0 spiro atoms. The van der Waals surface area contributed by atoms with Crippen LogP contribution >= 0.6 is 15.9 Å². The number of hydrogen-bond acceptors (Lipinski definition) is 3. The molecule has 3 N–H and O–H groups in total. The zero-order valence-electron chi connectivity index (χ0n) is 6.47. The van der Waals surface area contributed by atoms with E-state index in [1.165, 1.54) is 19.1 Å². The van der Waals surface area contributed by atoms with Crippen LogP contribution in [0.4, 0.5) is 5.69 Å². The average molecular weight is 230 g/mol. The van der Waals surface area contributed by atoms with E-state index in [9.17, 15) is 9.90 Å². The number of anilines is 1. The quantitative estimate of drug-likeness (QED) is 0.440. The van der Waals surface area contributed by atoms with Gasteiger partial charge in [0, 0.05) is 11.3 Å². The molecule has 4 heteroatoms. The summed E-state index contributed by atoms with van der Waals surface area (Å²) in [6.07, 6.45) is 0. The fraction of sp³-hybridized carbons (Fsp3) is 0.125. The van der Waals surface area contributed by atoms with Crippen molar-refractivity contribution in [1.82, 2.24) is 0 Å². The summed E-state index contributed by atoms with van der Waals surface area (Å²) in [6.45, 7) is 1.40. The summed E-state index contributed by atoms with van der Waals surface area (Å²) in [6, 6.07) is 2.85. The maximum Gasteiger partial charge on any atom is 0.162 e. The lowest BCUT2D eigenvalue weighted by Gasteiger charge is -2.03. The molecular formula is C8H8BrNO2. The van der Waals surface area contributed by atoms with Gasteiger partial charge in [-0.2, -0.15) is 0 Å². The Morgan fingerprint density at radius 2 is 2.17 bits per heavy atom. The Balaban J connectivity index is 3.33. The standard InChI is InChI=1S/C8H8BrNO2/c1-4(11)5-2-8(12)6(9)3-7(5)10/h2-3,12H,10H2,1H3. The molecule has 0 atom stereocenters. The Kier molecular flexibility index (Phi) is 2.38. The Morgan fingerprint density at radius 1 is 1.58 bits per heavy atom. The van der Waals surface area contributed by atoms with Gasteiger partial charge in [-0.05, 0) is 35.0 Å². The van der Waals surface area contributed by atoms with E-state index in [1.807, 2.05) is 0 Å². The van der Waals surface area contributed by atoms with Crippen LogP contribution in [-0.2, 0) is 0 Å². The second-order valence-electron chi connectivity index (χ2n) is 2.45. The number of nitrogen functional groups attached to an aromatic ring is 1.